The summed E-state index contributed by atoms with van der Waals surface area (Å²) in [5.74, 6) is -61.2. The zero-order valence-corrected chi connectivity index (χ0v) is 24.3. The maximum atomic E-state index is 15.5. The minimum atomic E-state index is -8.84. The smallest absolute Gasteiger partial charge is 0.460 e. The summed E-state index contributed by atoms with van der Waals surface area (Å²) in [5.41, 5.74) is -5.11. The Hall–Kier alpha value is -3.63. The van der Waals surface area contributed by atoms with E-state index in [4.69, 9.17) is 23.7 Å². The molecule has 0 radical (unpaired) electrons. The van der Waals surface area contributed by atoms with Gasteiger partial charge in [0.05, 0.1) is 13.2 Å². The molecule has 0 saturated heterocycles. The van der Waals surface area contributed by atoms with Crippen LogP contribution in [0, 0.1) is 0 Å². The van der Waals surface area contributed by atoms with Crippen LogP contribution in [0.4, 0.5) is 74.6 Å². The van der Waals surface area contributed by atoms with Crippen LogP contribution < -0.4 is 18.9 Å². The average molecular weight is 764 g/mol. The van der Waals surface area contributed by atoms with Gasteiger partial charge in [0.1, 0.15) is 26.4 Å². The maximum Gasteiger partial charge on any atom is 0.460 e. The molecule has 50 heavy (non-hydrogen) atoms. The normalized spacial score (nSPS) is 18.0. The van der Waals surface area contributed by atoms with Crippen molar-refractivity contribution in [1.82, 2.24) is 0 Å². The molecular formula is C27H21F17O6. The molecule has 0 atom stereocenters. The third-order valence-corrected chi connectivity index (χ3v) is 6.91. The maximum absolute atomic E-state index is 15.5. The van der Waals surface area contributed by atoms with Gasteiger partial charge in [-0.2, -0.15) is 74.6 Å². The first-order chi connectivity index (χ1) is 22.6. The predicted octanol–water partition coefficient (Wildman–Crippen LogP) is 7.67. The van der Waals surface area contributed by atoms with Gasteiger partial charge in [-0.05, 0) is 24.3 Å². The van der Waals surface area contributed by atoms with Crippen LogP contribution in [0.25, 0.3) is 0 Å². The molecule has 3 rings (SSSR count). The fourth-order valence-electron chi connectivity index (χ4n) is 3.97. The Morgan fingerprint density at radius 1 is 0.420 bits per heavy atom. The van der Waals surface area contributed by atoms with Crippen LogP contribution in [0.5, 0.6) is 23.0 Å². The lowest BCUT2D eigenvalue weighted by atomic mass is 9.83. The molecule has 0 fully saturated rings. The molecule has 0 saturated carbocycles. The van der Waals surface area contributed by atoms with Crippen LogP contribution in [0.1, 0.15) is 0 Å². The lowest BCUT2D eigenvalue weighted by Gasteiger charge is -2.45. The molecule has 1 N–H and O–H groups in total. The van der Waals surface area contributed by atoms with Gasteiger partial charge in [-0.3, -0.25) is 0 Å². The number of hydrogen-bond acceptors (Lipinski definition) is 6. The van der Waals surface area contributed by atoms with E-state index in [-0.39, 0.29) is 26.4 Å². The molecule has 0 aromatic heterocycles. The summed E-state index contributed by atoms with van der Waals surface area (Å²) in [5, 5.41) is 10.8. The van der Waals surface area contributed by atoms with Crippen LogP contribution in [0.2, 0.25) is 0 Å². The van der Waals surface area contributed by atoms with Crippen LogP contribution >= 0.6 is 0 Å². The van der Waals surface area contributed by atoms with Crippen LogP contribution in [-0.2, 0) is 4.74 Å². The van der Waals surface area contributed by atoms with E-state index in [1.807, 2.05) is 0 Å². The van der Waals surface area contributed by atoms with Crippen molar-refractivity contribution in [2.24, 2.45) is 0 Å². The number of ether oxygens (including phenoxy) is 5. The Labute approximate surface area is 268 Å². The van der Waals surface area contributed by atoms with E-state index >= 15 is 17.6 Å². The largest absolute Gasteiger partial charge is 0.487 e. The molecular weight excluding hydrogens is 743 g/mol. The second kappa shape index (κ2) is 13.5. The summed E-state index contributed by atoms with van der Waals surface area (Å²) in [6, 6.07) is 8.32. The lowest BCUT2D eigenvalue weighted by molar-refractivity contribution is -0.467. The highest BCUT2D eigenvalue weighted by atomic mass is 19.4. The molecule has 2 aromatic carbocycles. The van der Waals surface area contributed by atoms with Gasteiger partial charge in [0.2, 0.25) is 5.60 Å². The zero-order chi connectivity index (χ0) is 38.2. The van der Waals surface area contributed by atoms with Gasteiger partial charge in [-0.25, -0.2) is 0 Å². The number of benzene rings is 2. The van der Waals surface area contributed by atoms with Gasteiger partial charge in [-0.1, -0.05) is 24.3 Å². The highest BCUT2D eigenvalue weighted by molar-refractivity contribution is 5.40. The van der Waals surface area contributed by atoms with E-state index in [1.54, 1.807) is 0 Å². The number of rotatable bonds is 7. The van der Waals surface area contributed by atoms with Gasteiger partial charge in [0.15, 0.2) is 23.0 Å². The van der Waals surface area contributed by atoms with E-state index in [9.17, 15) is 62.2 Å². The van der Waals surface area contributed by atoms with Gasteiger partial charge < -0.3 is 28.8 Å². The summed E-state index contributed by atoms with van der Waals surface area (Å²) >= 11 is 0. The van der Waals surface area contributed by atoms with Crippen molar-refractivity contribution >= 4 is 0 Å². The number of hydrogen-bond donors (Lipinski definition) is 1. The molecule has 284 valence electrons. The third-order valence-electron chi connectivity index (χ3n) is 6.91. The summed E-state index contributed by atoms with van der Waals surface area (Å²) in [4.78, 5) is 0. The van der Waals surface area contributed by atoms with Crippen molar-refractivity contribution < 1.29 is 103 Å². The number of alkyl halides is 17. The monoisotopic (exact) mass is 764 g/mol. The molecule has 0 bridgehead atoms. The molecule has 6 nitrogen and oxygen atoms in total. The van der Waals surface area contributed by atoms with E-state index < -0.39 is 89.4 Å². The number of aliphatic hydroxyl groups is 1. The Bertz CT molecular complexity index is 1410. The molecule has 0 spiro atoms. The highest BCUT2D eigenvalue weighted by Gasteiger charge is 2.96. The first-order valence-corrected chi connectivity index (χ1v) is 13.3. The van der Waals surface area contributed by atoms with E-state index in [1.165, 1.54) is 12.1 Å². The zero-order valence-electron chi connectivity index (χ0n) is 24.3. The van der Waals surface area contributed by atoms with E-state index in [2.05, 4.69) is 0 Å². The lowest BCUT2D eigenvalue weighted by Crippen LogP contribution is -2.77. The Morgan fingerprint density at radius 2 is 0.720 bits per heavy atom. The minimum Gasteiger partial charge on any atom is -0.487 e. The first kappa shape index (κ1) is 40.8. The van der Waals surface area contributed by atoms with Crippen molar-refractivity contribution in [3.05, 3.63) is 48.5 Å². The summed E-state index contributed by atoms with van der Waals surface area (Å²) < 4.78 is 263. The third kappa shape index (κ3) is 6.61. The van der Waals surface area contributed by atoms with Crippen LogP contribution in [-0.4, -0.2) is 98.0 Å². The van der Waals surface area contributed by atoms with Gasteiger partial charge >= 0.3 is 47.6 Å². The molecule has 0 unspecified atom stereocenters. The number of halogens is 17. The SMILES string of the molecule is OC1(C(F)(F)C(F)(F)C(F)(F)C(F)(F)C(F)(F)C(F)(F)C(F)(F)C(F)(F)F)COc2ccccc2OCCOCCOc2ccccc2OC1. The van der Waals surface area contributed by atoms with Crippen LogP contribution in [0.15, 0.2) is 48.5 Å². The van der Waals surface area contributed by atoms with E-state index in [0.29, 0.717) is 0 Å². The highest BCUT2D eigenvalue weighted by Crippen LogP contribution is 2.65. The molecule has 1 aliphatic heterocycles. The van der Waals surface area contributed by atoms with Crippen molar-refractivity contribution in [1.29, 1.82) is 0 Å². The Kier molecular flexibility index (Phi) is 11.0. The van der Waals surface area contributed by atoms with Crippen molar-refractivity contribution in [3.8, 4) is 23.0 Å². The summed E-state index contributed by atoms with van der Waals surface area (Å²) in [6.45, 7) is -5.90. The molecule has 0 amide bonds. The van der Waals surface area contributed by atoms with Gasteiger partial charge in [0.25, 0.3) is 0 Å². The average Bonchev–Trinajstić information content (AvgIpc) is 3.01. The topological polar surface area (TPSA) is 66.4 Å². The second-order valence-corrected chi connectivity index (χ2v) is 10.3. The fraction of sp³-hybridized carbons (Fsp3) is 0.556. The first-order valence-electron chi connectivity index (χ1n) is 13.3. The quantitative estimate of drug-likeness (QED) is 0.292. The molecule has 23 heteroatoms. The van der Waals surface area contributed by atoms with Crippen molar-refractivity contribution in [2.45, 2.75) is 53.2 Å². The summed E-state index contributed by atoms with van der Waals surface area (Å²) in [6.07, 6.45) is -7.89. The van der Waals surface area contributed by atoms with Crippen molar-refractivity contribution in [3.63, 3.8) is 0 Å². The fourth-order valence-corrected chi connectivity index (χ4v) is 3.97. The minimum absolute atomic E-state index is 0.189. The Balaban J connectivity index is 2.16. The molecule has 1 heterocycles. The van der Waals surface area contributed by atoms with Crippen molar-refractivity contribution in [2.75, 3.05) is 39.6 Å². The van der Waals surface area contributed by atoms with Gasteiger partial charge in [0, 0.05) is 0 Å². The molecule has 1 aliphatic rings. The van der Waals surface area contributed by atoms with Crippen LogP contribution in [0.3, 0.4) is 0 Å². The number of para-hydroxylation sites is 4. The Morgan fingerprint density at radius 3 is 1.06 bits per heavy atom. The second-order valence-electron chi connectivity index (χ2n) is 10.3. The van der Waals surface area contributed by atoms with Gasteiger partial charge in [-0.15, -0.1) is 0 Å². The predicted molar refractivity (Wildman–Crippen MR) is 131 cm³/mol. The molecule has 0 aliphatic carbocycles. The number of fused-ring (bicyclic) bond motifs is 2. The van der Waals surface area contributed by atoms with E-state index in [0.717, 1.165) is 36.4 Å². The standard InChI is InChI=1S/C27H21F17O6/c28-20(29,21(30,31)22(32,33)23(34,35)24(36,37)25(38,39)26(40,41)27(42,43)44)19(45)13-49-17-7-3-1-5-15(17)47-11-9-46-10-12-48-16-6-2-4-8-18(16)50-14-19/h1-8,45H,9-14H2. The summed E-state index contributed by atoms with van der Waals surface area (Å²) in [7, 11) is 0. The molecule has 2 aromatic rings.